The molecule has 0 aliphatic heterocycles. The fourth-order valence-electron chi connectivity index (χ4n) is 1.96. The number of nitrogens with one attached hydrogen (secondary N) is 2. The SMILES string of the molecule is CCOC(=O)c1ccccc1NC(=O)Nc1cccc(OC)c1. The highest BCUT2D eigenvalue weighted by molar-refractivity contribution is 6.05. The molecular weight excluding hydrogens is 296 g/mol. The molecule has 2 aromatic rings. The zero-order valence-corrected chi connectivity index (χ0v) is 13.0. The molecule has 0 atom stereocenters. The molecule has 0 bridgehead atoms. The highest BCUT2D eigenvalue weighted by Crippen LogP contribution is 2.19. The number of urea groups is 1. The van der Waals surface area contributed by atoms with Crippen LogP contribution >= 0.6 is 0 Å². The van der Waals surface area contributed by atoms with Crippen LogP contribution in [0.3, 0.4) is 0 Å². The second kappa shape index (κ2) is 7.84. The summed E-state index contributed by atoms with van der Waals surface area (Å²) in [6, 6.07) is 13.2. The third kappa shape index (κ3) is 4.47. The summed E-state index contributed by atoms with van der Waals surface area (Å²) in [5, 5.41) is 5.33. The van der Waals surface area contributed by atoms with E-state index in [1.807, 2.05) is 0 Å². The zero-order chi connectivity index (χ0) is 16.7. The number of amides is 2. The quantitative estimate of drug-likeness (QED) is 0.828. The highest BCUT2D eigenvalue weighted by atomic mass is 16.5. The molecule has 0 aromatic heterocycles. The number of ether oxygens (including phenoxy) is 2. The van der Waals surface area contributed by atoms with Crippen LogP contribution in [0.15, 0.2) is 48.5 Å². The smallest absolute Gasteiger partial charge is 0.340 e. The van der Waals surface area contributed by atoms with Gasteiger partial charge in [-0.05, 0) is 31.2 Å². The molecule has 6 nitrogen and oxygen atoms in total. The van der Waals surface area contributed by atoms with Gasteiger partial charge < -0.3 is 20.1 Å². The van der Waals surface area contributed by atoms with Gasteiger partial charge in [0.2, 0.25) is 0 Å². The Kier molecular flexibility index (Phi) is 5.57. The van der Waals surface area contributed by atoms with Gasteiger partial charge in [-0.1, -0.05) is 18.2 Å². The summed E-state index contributed by atoms with van der Waals surface area (Å²) < 4.78 is 10.1. The van der Waals surface area contributed by atoms with Crippen molar-refractivity contribution < 1.29 is 19.1 Å². The average molecular weight is 314 g/mol. The van der Waals surface area contributed by atoms with E-state index in [9.17, 15) is 9.59 Å². The molecule has 23 heavy (non-hydrogen) atoms. The van der Waals surface area contributed by atoms with Gasteiger partial charge in [0.25, 0.3) is 0 Å². The van der Waals surface area contributed by atoms with E-state index in [1.165, 1.54) is 0 Å². The molecule has 0 saturated carbocycles. The maximum atomic E-state index is 12.1. The lowest BCUT2D eigenvalue weighted by Crippen LogP contribution is -2.21. The van der Waals surface area contributed by atoms with Crippen LogP contribution < -0.4 is 15.4 Å². The van der Waals surface area contributed by atoms with Crippen molar-refractivity contribution in [1.29, 1.82) is 0 Å². The standard InChI is InChI=1S/C17H18N2O4/c1-3-23-16(20)14-9-4-5-10-15(14)19-17(21)18-12-7-6-8-13(11-12)22-2/h4-11H,3H2,1-2H3,(H2,18,19,21). The molecular formula is C17H18N2O4. The molecule has 0 saturated heterocycles. The Morgan fingerprint density at radius 1 is 1.04 bits per heavy atom. The molecule has 0 unspecified atom stereocenters. The van der Waals surface area contributed by atoms with Crippen molar-refractivity contribution in [3.8, 4) is 5.75 Å². The van der Waals surface area contributed by atoms with Crippen LogP contribution in [0.1, 0.15) is 17.3 Å². The molecule has 2 rings (SSSR count). The van der Waals surface area contributed by atoms with Gasteiger partial charge in [-0.25, -0.2) is 9.59 Å². The summed E-state index contributed by atoms with van der Waals surface area (Å²) in [5.41, 5.74) is 1.26. The van der Waals surface area contributed by atoms with Crippen LogP contribution in [0, 0.1) is 0 Å². The van der Waals surface area contributed by atoms with E-state index in [4.69, 9.17) is 9.47 Å². The molecule has 6 heteroatoms. The number of methoxy groups -OCH3 is 1. The van der Waals surface area contributed by atoms with E-state index in [1.54, 1.807) is 62.6 Å². The van der Waals surface area contributed by atoms with Crippen molar-refractivity contribution in [2.45, 2.75) is 6.92 Å². The van der Waals surface area contributed by atoms with Crippen LogP contribution in [0.4, 0.5) is 16.2 Å². The van der Waals surface area contributed by atoms with Gasteiger partial charge in [0.15, 0.2) is 0 Å². The topological polar surface area (TPSA) is 76.7 Å². The lowest BCUT2D eigenvalue weighted by molar-refractivity contribution is 0.0527. The minimum Gasteiger partial charge on any atom is -0.497 e. The minimum atomic E-state index is -0.482. The zero-order valence-electron chi connectivity index (χ0n) is 13.0. The van der Waals surface area contributed by atoms with Crippen LogP contribution in [0.2, 0.25) is 0 Å². The largest absolute Gasteiger partial charge is 0.497 e. The van der Waals surface area contributed by atoms with Crippen molar-refractivity contribution in [3.63, 3.8) is 0 Å². The number of para-hydroxylation sites is 1. The number of benzene rings is 2. The van der Waals surface area contributed by atoms with Gasteiger partial charge in [0, 0.05) is 11.8 Å². The normalized spacial score (nSPS) is 9.83. The Labute approximate surface area is 134 Å². The fraction of sp³-hybridized carbons (Fsp3) is 0.176. The molecule has 0 radical (unpaired) electrons. The first-order valence-corrected chi connectivity index (χ1v) is 7.12. The number of hydrogen-bond donors (Lipinski definition) is 2. The Morgan fingerprint density at radius 3 is 2.57 bits per heavy atom. The second-order valence-electron chi connectivity index (χ2n) is 4.58. The summed E-state index contributed by atoms with van der Waals surface area (Å²) in [7, 11) is 1.55. The van der Waals surface area contributed by atoms with Crippen LogP contribution in [0.25, 0.3) is 0 Å². The Bertz CT molecular complexity index is 700. The lowest BCUT2D eigenvalue weighted by atomic mass is 10.2. The number of esters is 1. The molecule has 0 fully saturated rings. The minimum absolute atomic E-state index is 0.267. The summed E-state index contributed by atoms with van der Waals surface area (Å²) >= 11 is 0. The molecule has 0 aliphatic rings. The number of rotatable bonds is 5. The van der Waals surface area contributed by atoms with Crippen molar-refractivity contribution in [1.82, 2.24) is 0 Å². The van der Waals surface area contributed by atoms with Gasteiger partial charge >= 0.3 is 12.0 Å². The van der Waals surface area contributed by atoms with Crippen molar-refractivity contribution in [2.24, 2.45) is 0 Å². The lowest BCUT2D eigenvalue weighted by Gasteiger charge is -2.11. The first-order valence-electron chi connectivity index (χ1n) is 7.12. The van der Waals surface area contributed by atoms with Crippen LogP contribution in [-0.2, 0) is 4.74 Å². The van der Waals surface area contributed by atoms with E-state index in [-0.39, 0.29) is 6.61 Å². The van der Waals surface area contributed by atoms with Gasteiger partial charge in [-0.2, -0.15) is 0 Å². The van der Waals surface area contributed by atoms with Crippen molar-refractivity contribution in [2.75, 3.05) is 24.4 Å². The molecule has 2 amide bonds. The number of anilines is 2. The predicted octanol–water partition coefficient (Wildman–Crippen LogP) is 3.52. The first-order chi connectivity index (χ1) is 11.1. The molecule has 0 heterocycles. The molecule has 2 N–H and O–H groups in total. The molecule has 2 aromatic carbocycles. The van der Waals surface area contributed by atoms with E-state index in [0.717, 1.165) is 0 Å². The number of carbonyl (C=O) groups is 2. The third-order valence-corrected chi connectivity index (χ3v) is 3.00. The van der Waals surface area contributed by atoms with Gasteiger partial charge in [-0.3, -0.25) is 0 Å². The van der Waals surface area contributed by atoms with Gasteiger partial charge in [0.1, 0.15) is 5.75 Å². The van der Waals surface area contributed by atoms with Crippen LogP contribution in [0.5, 0.6) is 5.75 Å². The van der Waals surface area contributed by atoms with Gasteiger partial charge in [0.05, 0.1) is 25.0 Å². The van der Waals surface area contributed by atoms with E-state index in [0.29, 0.717) is 22.7 Å². The maximum Gasteiger partial charge on any atom is 0.340 e. The summed E-state index contributed by atoms with van der Waals surface area (Å²) in [4.78, 5) is 24.0. The summed E-state index contributed by atoms with van der Waals surface area (Å²) in [5.74, 6) is 0.152. The third-order valence-electron chi connectivity index (χ3n) is 3.00. The Balaban J connectivity index is 2.09. The van der Waals surface area contributed by atoms with Crippen LogP contribution in [-0.4, -0.2) is 25.7 Å². The second-order valence-corrected chi connectivity index (χ2v) is 4.58. The summed E-state index contributed by atoms with van der Waals surface area (Å²) in [6.45, 7) is 1.99. The predicted molar refractivity (Wildman–Crippen MR) is 88.0 cm³/mol. The highest BCUT2D eigenvalue weighted by Gasteiger charge is 2.13. The molecule has 120 valence electrons. The van der Waals surface area contributed by atoms with E-state index in [2.05, 4.69) is 10.6 Å². The average Bonchev–Trinajstić information content (AvgIpc) is 2.55. The molecule has 0 spiro atoms. The van der Waals surface area contributed by atoms with Crippen molar-refractivity contribution >= 4 is 23.4 Å². The van der Waals surface area contributed by atoms with Gasteiger partial charge in [-0.15, -0.1) is 0 Å². The first kappa shape index (κ1) is 16.4. The van der Waals surface area contributed by atoms with E-state index < -0.39 is 12.0 Å². The number of hydrogen-bond acceptors (Lipinski definition) is 4. The van der Waals surface area contributed by atoms with E-state index >= 15 is 0 Å². The summed E-state index contributed by atoms with van der Waals surface area (Å²) in [6.07, 6.45) is 0. The van der Waals surface area contributed by atoms with Crippen molar-refractivity contribution in [3.05, 3.63) is 54.1 Å². The Hall–Kier alpha value is -3.02. The Morgan fingerprint density at radius 2 is 1.83 bits per heavy atom. The fourth-order valence-corrected chi connectivity index (χ4v) is 1.96. The number of carbonyl (C=O) groups excluding carboxylic acids is 2. The maximum absolute atomic E-state index is 12.1. The molecule has 0 aliphatic carbocycles. The monoisotopic (exact) mass is 314 g/mol.